The number of para-hydroxylation sites is 2. The van der Waals surface area contributed by atoms with Gasteiger partial charge in [-0.05, 0) is 25.3 Å². The molecule has 0 N–H and O–H groups in total. The van der Waals surface area contributed by atoms with Gasteiger partial charge in [-0.15, -0.1) is 0 Å². The summed E-state index contributed by atoms with van der Waals surface area (Å²) in [6.45, 7) is 2.73. The van der Waals surface area contributed by atoms with Gasteiger partial charge in [0.1, 0.15) is 0 Å². The maximum absolute atomic E-state index is 11.9. The van der Waals surface area contributed by atoms with Gasteiger partial charge in [0.25, 0.3) is 0 Å². The third kappa shape index (κ3) is 13.5. The van der Waals surface area contributed by atoms with Gasteiger partial charge in [-0.1, -0.05) is 76.8 Å². The van der Waals surface area contributed by atoms with Gasteiger partial charge in [-0.2, -0.15) is 0 Å². The van der Waals surface area contributed by atoms with E-state index < -0.39 is 10.9 Å². The number of ether oxygens (including phenoxy) is 2. The Morgan fingerprint density at radius 3 is 2.00 bits per heavy atom. The highest BCUT2D eigenvalue weighted by Gasteiger charge is 2.16. The number of hydrogen-bond donors (Lipinski definition) is 0. The molecular formula is C24H37NO6. The van der Waals surface area contributed by atoms with Crippen LogP contribution in [0.3, 0.4) is 0 Å². The quantitative estimate of drug-likeness (QED) is 0.0855. The van der Waals surface area contributed by atoms with Crippen LogP contribution in [0, 0.1) is 10.1 Å². The van der Waals surface area contributed by atoms with E-state index in [4.69, 9.17) is 9.47 Å². The van der Waals surface area contributed by atoms with E-state index in [2.05, 4.69) is 6.92 Å². The Morgan fingerprint density at radius 1 is 0.806 bits per heavy atom. The molecule has 1 rings (SSSR count). The second-order valence-electron chi connectivity index (χ2n) is 7.81. The highest BCUT2D eigenvalue weighted by atomic mass is 16.6. The van der Waals surface area contributed by atoms with Crippen molar-refractivity contribution in [2.24, 2.45) is 0 Å². The molecule has 0 aliphatic rings. The van der Waals surface area contributed by atoms with Crippen molar-refractivity contribution in [3.05, 3.63) is 34.4 Å². The van der Waals surface area contributed by atoms with E-state index in [1.807, 2.05) is 0 Å². The number of benzene rings is 1. The Hall–Kier alpha value is -2.44. The Morgan fingerprint density at radius 2 is 1.35 bits per heavy atom. The number of unbranched alkanes of at least 4 members (excludes halogenated alkanes) is 10. The molecule has 0 radical (unpaired) electrons. The third-order valence-corrected chi connectivity index (χ3v) is 5.06. The second kappa shape index (κ2) is 17.3. The Kier molecular flexibility index (Phi) is 14.8. The first kappa shape index (κ1) is 26.6. The number of rotatable bonds is 18. The topological polar surface area (TPSA) is 95.7 Å². The molecule has 0 amide bonds. The van der Waals surface area contributed by atoms with E-state index in [1.54, 1.807) is 6.07 Å². The first-order chi connectivity index (χ1) is 15.0. The molecule has 7 nitrogen and oxygen atoms in total. The lowest BCUT2D eigenvalue weighted by molar-refractivity contribution is -0.385. The predicted molar refractivity (Wildman–Crippen MR) is 120 cm³/mol. The van der Waals surface area contributed by atoms with Crippen LogP contribution in [0.1, 0.15) is 96.8 Å². The number of carbonyl (C=O) groups is 2. The minimum atomic E-state index is -0.562. The molecule has 0 saturated heterocycles. The van der Waals surface area contributed by atoms with E-state index >= 15 is 0 Å². The van der Waals surface area contributed by atoms with Crippen LogP contribution in [0.2, 0.25) is 0 Å². The zero-order valence-electron chi connectivity index (χ0n) is 18.8. The smallest absolute Gasteiger partial charge is 0.311 e. The van der Waals surface area contributed by atoms with Crippen molar-refractivity contribution in [2.75, 3.05) is 6.61 Å². The van der Waals surface area contributed by atoms with Gasteiger partial charge in [-0.3, -0.25) is 19.7 Å². The Balaban J connectivity index is 1.97. The highest BCUT2D eigenvalue weighted by Crippen LogP contribution is 2.26. The minimum absolute atomic E-state index is 0.0131. The standard InChI is InChI=1S/C24H37NO6/c1-2-3-4-5-10-15-20-30-23(26)18-11-8-6-7-9-12-19-24(27)31-22-17-14-13-16-21(22)25(28)29/h13-14,16-17H,2-12,15,18-20H2,1H3. The summed E-state index contributed by atoms with van der Waals surface area (Å²) in [7, 11) is 0. The van der Waals surface area contributed by atoms with E-state index in [-0.39, 0.29) is 23.8 Å². The molecule has 0 saturated carbocycles. The Labute approximate surface area is 185 Å². The lowest BCUT2D eigenvalue weighted by atomic mass is 10.1. The number of nitro benzene ring substituents is 1. The van der Waals surface area contributed by atoms with Crippen LogP contribution in [0.15, 0.2) is 24.3 Å². The lowest BCUT2D eigenvalue weighted by Crippen LogP contribution is -2.08. The van der Waals surface area contributed by atoms with Crippen molar-refractivity contribution in [2.45, 2.75) is 96.8 Å². The van der Waals surface area contributed by atoms with Crippen molar-refractivity contribution in [1.29, 1.82) is 0 Å². The molecular weight excluding hydrogens is 398 g/mol. The molecule has 0 unspecified atom stereocenters. The fourth-order valence-corrected chi connectivity index (χ4v) is 3.25. The fraction of sp³-hybridized carbons (Fsp3) is 0.667. The Bertz CT molecular complexity index is 661. The van der Waals surface area contributed by atoms with E-state index in [1.165, 1.54) is 43.9 Å². The molecule has 0 aliphatic carbocycles. The first-order valence-corrected chi connectivity index (χ1v) is 11.6. The van der Waals surface area contributed by atoms with Crippen LogP contribution >= 0.6 is 0 Å². The molecule has 0 bridgehead atoms. The summed E-state index contributed by atoms with van der Waals surface area (Å²) >= 11 is 0. The molecule has 0 heterocycles. The molecule has 1 aromatic rings. The average Bonchev–Trinajstić information content (AvgIpc) is 2.75. The van der Waals surface area contributed by atoms with E-state index in [0.717, 1.165) is 44.9 Å². The van der Waals surface area contributed by atoms with Crippen molar-refractivity contribution < 1.29 is 24.0 Å². The first-order valence-electron chi connectivity index (χ1n) is 11.6. The maximum atomic E-state index is 11.9. The summed E-state index contributed by atoms with van der Waals surface area (Å²) in [4.78, 5) is 33.9. The lowest BCUT2D eigenvalue weighted by Gasteiger charge is -2.06. The predicted octanol–water partition coefficient (Wildman–Crippen LogP) is 6.52. The summed E-state index contributed by atoms with van der Waals surface area (Å²) in [5.74, 6) is -0.574. The SMILES string of the molecule is CCCCCCCCOC(=O)CCCCCCCCC(=O)Oc1ccccc1[N+](=O)[O-]. The maximum Gasteiger partial charge on any atom is 0.311 e. The molecule has 174 valence electrons. The normalized spacial score (nSPS) is 10.6. The summed E-state index contributed by atoms with van der Waals surface area (Å²) in [6, 6.07) is 5.87. The molecule has 0 aliphatic heterocycles. The van der Waals surface area contributed by atoms with Crippen LogP contribution in [-0.2, 0) is 14.3 Å². The van der Waals surface area contributed by atoms with E-state index in [9.17, 15) is 19.7 Å². The van der Waals surface area contributed by atoms with Gasteiger partial charge in [0, 0.05) is 18.9 Å². The van der Waals surface area contributed by atoms with Gasteiger partial charge < -0.3 is 9.47 Å². The zero-order valence-corrected chi connectivity index (χ0v) is 18.8. The summed E-state index contributed by atoms with van der Waals surface area (Å²) in [5, 5.41) is 10.9. The molecule has 0 fully saturated rings. The van der Waals surface area contributed by atoms with Gasteiger partial charge in [0.15, 0.2) is 0 Å². The number of esters is 2. The molecule has 7 heteroatoms. The van der Waals surface area contributed by atoms with Crippen molar-refractivity contribution in [3.8, 4) is 5.75 Å². The molecule has 1 aromatic carbocycles. The second-order valence-corrected chi connectivity index (χ2v) is 7.81. The summed E-state index contributed by atoms with van der Waals surface area (Å²) < 4.78 is 10.4. The van der Waals surface area contributed by atoms with Gasteiger partial charge in [0.05, 0.1) is 11.5 Å². The molecule has 31 heavy (non-hydrogen) atoms. The van der Waals surface area contributed by atoms with Crippen LogP contribution in [0.4, 0.5) is 5.69 Å². The van der Waals surface area contributed by atoms with Crippen molar-refractivity contribution in [1.82, 2.24) is 0 Å². The third-order valence-electron chi connectivity index (χ3n) is 5.06. The van der Waals surface area contributed by atoms with Gasteiger partial charge in [0.2, 0.25) is 5.75 Å². The van der Waals surface area contributed by atoms with Crippen LogP contribution < -0.4 is 4.74 Å². The fourth-order valence-electron chi connectivity index (χ4n) is 3.25. The van der Waals surface area contributed by atoms with Crippen LogP contribution in [0.5, 0.6) is 5.75 Å². The van der Waals surface area contributed by atoms with Crippen molar-refractivity contribution in [3.63, 3.8) is 0 Å². The average molecular weight is 436 g/mol. The minimum Gasteiger partial charge on any atom is -0.466 e. The molecule has 0 atom stereocenters. The summed E-state index contributed by atoms with van der Waals surface area (Å²) in [5.41, 5.74) is -0.207. The monoisotopic (exact) mass is 435 g/mol. The number of nitrogens with zero attached hydrogens (tertiary/aromatic N) is 1. The van der Waals surface area contributed by atoms with Crippen LogP contribution in [-0.4, -0.2) is 23.5 Å². The molecule has 0 spiro atoms. The number of carbonyl (C=O) groups excluding carboxylic acids is 2. The summed E-state index contributed by atoms with van der Waals surface area (Å²) in [6.07, 6.45) is 13.1. The van der Waals surface area contributed by atoms with E-state index in [0.29, 0.717) is 19.4 Å². The largest absolute Gasteiger partial charge is 0.466 e. The zero-order chi connectivity index (χ0) is 22.7. The van der Waals surface area contributed by atoms with Gasteiger partial charge >= 0.3 is 17.6 Å². The van der Waals surface area contributed by atoms with Crippen LogP contribution in [0.25, 0.3) is 0 Å². The van der Waals surface area contributed by atoms with Crippen molar-refractivity contribution >= 4 is 17.6 Å². The number of hydrogen-bond acceptors (Lipinski definition) is 6. The number of nitro groups is 1. The molecule has 0 aromatic heterocycles. The highest BCUT2D eigenvalue weighted by molar-refractivity contribution is 5.73. The van der Waals surface area contributed by atoms with Gasteiger partial charge in [-0.25, -0.2) is 0 Å².